The van der Waals surface area contributed by atoms with Crippen LogP contribution in [0.2, 0.25) is 0 Å². The molecular weight excluding hydrogens is 240 g/mol. The van der Waals surface area contributed by atoms with Gasteiger partial charge in [0.15, 0.2) is 0 Å². The number of aliphatic hydroxyl groups excluding tert-OH is 1. The van der Waals surface area contributed by atoms with E-state index < -0.39 is 10.2 Å². The van der Waals surface area contributed by atoms with E-state index in [-0.39, 0.29) is 12.6 Å². The Kier molecular flexibility index (Phi) is 5.85. The summed E-state index contributed by atoms with van der Waals surface area (Å²) < 4.78 is 28.4. The molecule has 0 spiro atoms. The summed E-state index contributed by atoms with van der Waals surface area (Å²) in [6.45, 7) is 5.03. The van der Waals surface area contributed by atoms with Crippen LogP contribution in [0.1, 0.15) is 39.5 Å². The maximum Gasteiger partial charge on any atom is 0.279 e. The molecular formula is C11H24N2O3S. The van der Waals surface area contributed by atoms with Crippen LogP contribution in [0.5, 0.6) is 0 Å². The number of piperidine rings is 1. The third-order valence-electron chi connectivity index (χ3n) is 3.02. The minimum absolute atomic E-state index is 0.0425. The van der Waals surface area contributed by atoms with E-state index in [1.807, 2.05) is 13.8 Å². The third kappa shape index (κ3) is 4.54. The van der Waals surface area contributed by atoms with Crippen molar-refractivity contribution >= 4 is 10.2 Å². The van der Waals surface area contributed by atoms with Gasteiger partial charge in [-0.1, -0.05) is 20.3 Å². The molecule has 0 bridgehead atoms. The van der Waals surface area contributed by atoms with Gasteiger partial charge < -0.3 is 5.11 Å². The molecule has 1 unspecified atom stereocenters. The van der Waals surface area contributed by atoms with Crippen LogP contribution < -0.4 is 4.72 Å². The summed E-state index contributed by atoms with van der Waals surface area (Å²) >= 11 is 0. The molecule has 1 saturated heterocycles. The van der Waals surface area contributed by atoms with Crippen molar-refractivity contribution in [2.45, 2.75) is 45.6 Å². The molecule has 0 amide bonds. The molecule has 1 fully saturated rings. The van der Waals surface area contributed by atoms with E-state index >= 15 is 0 Å². The molecule has 102 valence electrons. The van der Waals surface area contributed by atoms with Crippen LogP contribution in [0.15, 0.2) is 0 Å². The summed E-state index contributed by atoms with van der Waals surface area (Å²) in [7, 11) is -3.38. The van der Waals surface area contributed by atoms with Crippen LogP contribution in [0.4, 0.5) is 0 Å². The van der Waals surface area contributed by atoms with E-state index in [0.29, 0.717) is 25.4 Å². The average Bonchev–Trinajstić information content (AvgIpc) is 2.28. The van der Waals surface area contributed by atoms with Crippen molar-refractivity contribution in [2.24, 2.45) is 5.92 Å². The molecule has 0 aromatic carbocycles. The topological polar surface area (TPSA) is 69.6 Å². The Bertz CT molecular complexity index is 315. The van der Waals surface area contributed by atoms with Gasteiger partial charge in [-0.25, -0.2) is 4.72 Å². The molecule has 1 aliphatic rings. The van der Waals surface area contributed by atoms with Gasteiger partial charge in [0.05, 0.1) is 0 Å². The van der Waals surface area contributed by atoms with Crippen LogP contribution >= 0.6 is 0 Å². The lowest BCUT2D eigenvalue weighted by molar-refractivity contribution is 0.191. The molecule has 0 radical (unpaired) electrons. The smallest absolute Gasteiger partial charge is 0.279 e. The standard InChI is InChI=1S/C11H24N2O3S/c1-10(2)9-12-17(15,16)13-7-4-3-5-11(13)6-8-14/h10-12,14H,3-9H2,1-2H3. The fourth-order valence-electron chi connectivity index (χ4n) is 2.08. The highest BCUT2D eigenvalue weighted by Gasteiger charge is 2.31. The Labute approximate surface area is 104 Å². The molecule has 0 aliphatic carbocycles. The highest BCUT2D eigenvalue weighted by atomic mass is 32.2. The Morgan fingerprint density at radius 1 is 1.41 bits per heavy atom. The molecule has 1 aliphatic heterocycles. The van der Waals surface area contributed by atoms with Gasteiger partial charge in [0, 0.05) is 25.7 Å². The largest absolute Gasteiger partial charge is 0.396 e. The zero-order chi connectivity index (χ0) is 12.9. The molecule has 0 saturated carbocycles. The Hall–Kier alpha value is -0.170. The van der Waals surface area contributed by atoms with Gasteiger partial charge >= 0.3 is 0 Å². The van der Waals surface area contributed by atoms with Gasteiger partial charge in [0.25, 0.3) is 10.2 Å². The molecule has 5 nitrogen and oxygen atoms in total. The molecule has 0 aromatic rings. The first-order valence-corrected chi connectivity index (χ1v) is 7.78. The maximum atomic E-state index is 12.1. The summed E-state index contributed by atoms with van der Waals surface area (Å²) in [5.41, 5.74) is 0. The van der Waals surface area contributed by atoms with E-state index in [9.17, 15) is 8.42 Å². The van der Waals surface area contributed by atoms with Crippen LogP contribution in [0.3, 0.4) is 0 Å². The first-order valence-electron chi connectivity index (χ1n) is 6.34. The molecule has 0 aromatic heterocycles. The quantitative estimate of drug-likeness (QED) is 0.742. The van der Waals surface area contributed by atoms with Crippen LogP contribution in [0.25, 0.3) is 0 Å². The Morgan fingerprint density at radius 3 is 2.71 bits per heavy atom. The van der Waals surface area contributed by atoms with Crippen molar-refractivity contribution < 1.29 is 13.5 Å². The SMILES string of the molecule is CC(C)CNS(=O)(=O)N1CCCCC1CCO. The number of nitrogens with zero attached hydrogens (tertiary/aromatic N) is 1. The van der Waals surface area contributed by atoms with E-state index in [4.69, 9.17) is 5.11 Å². The van der Waals surface area contributed by atoms with E-state index in [1.165, 1.54) is 4.31 Å². The molecule has 1 heterocycles. The second-order valence-electron chi connectivity index (χ2n) is 5.02. The van der Waals surface area contributed by atoms with E-state index in [2.05, 4.69) is 4.72 Å². The van der Waals surface area contributed by atoms with Gasteiger partial charge in [-0.3, -0.25) is 0 Å². The van der Waals surface area contributed by atoms with Crippen molar-refractivity contribution in [2.75, 3.05) is 19.7 Å². The lowest BCUT2D eigenvalue weighted by Gasteiger charge is -2.34. The molecule has 17 heavy (non-hydrogen) atoms. The highest BCUT2D eigenvalue weighted by Crippen LogP contribution is 2.21. The predicted molar refractivity (Wildman–Crippen MR) is 67.8 cm³/mol. The van der Waals surface area contributed by atoms with Gasteiger partial charge in [0.1, 0.15) is 0 Å². The lowest BCUT2D eigenvalue weighted by atomic mass is 10.0. The lowest BCUT2D eigenvalue weighted by Crippen LogP contribution is -2.49. The fourth-order valence-corrected chi connectivity index (χ4v) is 3.77. The predicted octanol–water partition coefficient (Wildman–Crippen LogP) is 0.714. The summed E-state index contributed by atoms with van der Waals surface area (Å²) in [5.74, 6) is 0.297. The van der Waals surface area contributed by atoms with Gasteiger partial charge in [0.2, 0.25) is 0 Å². The van der Waals surface area contributed by atoms with Crippen molar-refractivity contribution in [3.05, 3.63) is 0 Å². The van der Waals surface area contributed by atoms with E-state index in [0.717, 1.165) is 19.3 Å². The van der Waals surface area contributed by atoms with Crippen molar-refractivity contribution in [1.29, 1.82) is 0 Å². The van der Waals surface area contributed by atoms with Crippen LogP contribution in [-0.4, -0.2) is 43.6 Å². The van der Waals surface area contributed by atoms with Crippen LogP contribution in [-0.2, 0) is 10.2 Å². The summed E-state index contributed by atoms with van der Waals surface area (Å²) in [4.78, 5) is 0. The molecule has 6 heteroatoms. The second kappa shape index (κ2) is 6.68. The number of nitrogens with one attached hydrogen (secondary N) is 1. The second-order valence-corrected chi connectivity index (χ2v) is 6.73. The molecule has 1 atom stereocenters. The minimum Gasteiger partial charge on any atom is -0.396 e. The van der Waals surface area contributed by atoms with Crippen LogP contribution in [0, 0.1) is 5.92 Å². The fraction of sp³-hybridized carbons (Fsp3) is 1.00. The van der Waals surface area contributed by atoms with Crippen molar-refractivity contribution in [3.8, 4) is 0 Å². The normalized spacial score (nSPS) is 23.2. The molecule has 1 rings (SSSR count). The Balaban J connectivity index is 2.65. The third-order valence-corrected chi connectivity index (χ3v) is 4.65. The first kappa shape index (κ1) is 14.9. The van der Waals surface area contributed by atoms with Crippen molar-refractivity contribution in [1.82, 2.24) is 9.03 Å². The monoisotopic (exact) mass is 264 g/mol. The number of hydrogen-bond donors (Lipinski definition) is 2. The molecule has 2 N–H and O–H groups in total. The Morgan fingerprint density at radius 2 is 2.12 bits per heavy atom. The van der Waals surface area contributed by atoms with Crippen molar-refractivity contribution in [3.63, 3.8) is 0 Å². The number of aliphatic hydroxyl groups is 1. The zero-order valence-electron chi connectivity index (χ0n) is 10.7. The van der Waals surface area contributed by atoms with Gasteiger partial charge in [-0.15, -0.1) is 0 Å². The number of hydrogen-bond acceptors (Lipinski definition) is 3. The summed E-state index contributed by atoms with van der Waals surface area (Å²) in [5, 5.41) is 8.98. The minimum atomic E-state index is -3.38. The summed E-state index contributed by atoms with van der Waals surface area (Å²) in [6, 6.07) is -0.0431. The average molecular weight is 264 g/mol. The van der Waals surface area contributed by atoms with Gasteiger partial charge in [-0.2, -0.15) is 12.7 Å². The number of rotatable bonds is 6. The van der Waals surface area contributed by atoms with E-state index in [1.54, 1.807) is 0 Å². The summed E-state index contributed by atoms with van der Waals surface area (Å²) in [6.07, 6.45) is 3.33. The zero-order valence-corrected chi connectivity index (χ0v) is 11.5. The maximum absolute atomic E-state index is 12.1. The first-order chi connectivity index (χ1) is 7.97. The van der Waals surface area contributed by atoms with Gasteiger partial charge in [-0.05, 0) is 25.2 Å². The highest BCUT2D eigenvalue weighted by molar-refractivity contribution is 7.87.